The Morgan fingerprint density at radius 3 is 2.67 bits per heavy atom. The molecule has 1 heterocycles. The fourth-order valence-corrected chi connectivity index (χ4v) is 1.76. The monoisotopic (exact) mass is 373 g/mol. The van der Waals surface area contributed by atoms with Crippen LogP contribution >= 0.6 is 22.6 Å². The van der Waals surface area contributed by atoms with Crippen LogP contribution in [-0.2, 0) is 6.42 Å². The highest BCUT2D eigenvalue weighted by molar-refractivity contribution is 14.1. The van der Waals surface area contributed by atoms with Gasteiger partial charge in [-0.2, -0.15) is 5.26 Å². The Bertz CT molecular complexity index is 527. The molecule has 0 N–H and O–H groups in total. The average Bonchev–Trinajstić information content (AvgIpc) is 2.22. The molecule has 0 unspecified atom stereocenters. The maximum Gasteiger partial charge on any atom is 0.573 e. The third kappa shape index (κ3) is 3.42. The Hall–Kier alpha value is -1.64. The molecule has 0 saturated heterocycles. The number of nitrogens with zero attached hydrogens (tertiary/aromatic N) is 3. The number of aromatic nitrogens is 1. The Morgan fingerprint density at radius 1 is 1.61 bits per heavy atom. The lowest BCUT2D eigenvalue weighted by atomic mass is 10.2. The summed E-state index contributed by atoms with van der Waals surface area (Å²) < 4.78 is 39.9. The SMILES string of the molecule is N#CCc1ncc([N+](=O)[O-])c(OC(F)(F)F)c1I. The van der Waals surface area contributed by atoms with E-state index in [9.17, 15) is 23.3 Å². The van der Waals surface area contributed by atoms with E-state index < -0.39 is 22.7 Å². The summed E-state index contributed by atoms with van der Waals surface area (Å²) in [6.07, 6.45) is -4.70. The summed E-state index contributed by atoms with van der Waals surface area (Å²) in [5.41, 5.74) is -0.915. The predicted octanol–water partition coefficient (Wildman–Crippen LogP) is 2.56. The molecule has 0 amide bonds. The zero-order valence-electron chi connectivity index (χ0n) is 8.36. The van der Waals surface area contributed by atoms with Crippen LogP contribution in [-0.4, -0.2) is 16.3 Å². The van der Waals surface area contributed by atoms with Crippen LogP contribution in [0.15, 0.2) is 6.20 Å². The molecule has 0 spiro atoms. The molecule has 6 nitrogen and oxygen atoms in total. The minimum absolute atomic E-state index is 0.0112. The third-order valence-electron chi connectivity index (χ3n) is 1.69. The van der Waals surface area contributed by atoms with Crippen molar-refractivity contribution in [2.75, 3.05) is 0 Å². The minimum Gasteiger partial charge on any atom is -0.397 e. The van der Waals surface area contributed by atoms with Gasteiger partial charge in [-0.3, -0.25) is 15.1 Å². The topological polar surface area (TPSA) is 89.0 Å². The highest BCUT2D eigenvalue weighted by atomic mass is 127. The summed E-state index contributed by atoms with van der Waals surface area (Å²) in [5.74, 6) is -0.951. The van der Waals surface area contributed by atoms with E-state index >= 15 is 0 Å². The van der Waals surface area contributed by atoms with Crippen molar-refractivity contribution in [2.24, 2.45) is 0 Å². The van der Waals surface area contributed by atoms with E-state index in [0.717, 1.165) is 0 Å². The van der Waals surface area contributed by atoms with E-state index in [1.807, 2.05) is 0 Å². The number of hydrogen-bond donors (Lipinski definition) is 0. The van der Waals surface area contributed by atoms with Gasteiger partial charge in [-0.1, -0.05) is 0 Å². The van der Waals surface area contributed by atoms with Crippen LogP contribution in [0, 0.1) is 25.0 Å². The van der Waals surface area contributed by atoms with Crippen molar-refractivity contribution in [3.63, 3.8) is 0 Å². The molecule has 0 bridgehead atoms. The smallest absolute Gasteiger partial charge is 0.397 e. The molecule has 0 fully saturated rings. The fourth-order valence-electron chi connectivity index (χ4n) is 1.04. The molecular formula is C8H3F3IN3O3. The minimum atomic E-state index is -5.06. The standard InChI is InChI=1S/C8H3F3IN3O3/c9-8(10,11)18-7-5(15(16)17)3-14-4(1-2-13)6(7)12/h3H,1H2. The summed E-state index contributed by atoms with van der Waals surface area (Å²) in [5, 5.41) is 19.0. The second kappa shape index (κ2) is 5.34. The molecule has 96 valence electrons. The van der Waals surface area contributed by atoms with Gasteiger partial charge >= 0.3 is 12.0 Å². The second-order valence-corrected chi connectivity index (χ2v) is 3.95. The van der Waals surface area contributed by atoms with E-state index in [1.54, 1.807) is 6.07 Å². The number of halogens is 4. The van der Waals surface area contributed by atoms with Gasteiger partial charge in [0.2, 0.25) is 5.75 Å². The number of nitro groups is 1. The largest absolute Gasteiger partial charge is 0.573 e. The van der Waals surface area contributed by atoms with Crippen molar-refractivity contribution in [3.05, 3.63) is 25.6 Å². The third-order valence-corrected chi connectivity index (χ3v) is 2.80. The van der Waals surface area contributed by atoms with E-state index in [2.05, 4.69) is 9.72 Å². The first kappa shape index (κ1) is 14.4. The molecular weight excluding hydrogens is 370 g/mol. The highest BCUT2D eigenvalue weighted by Gasteiger charge is 2.36. The lowest BCUT2D eigenvalue weighted by Gasteiger charge is -2.11. The van der Waals surface area contributed by atoms with Crippen molar-refractivity contribution in [1.82, 2.24) is 4.98 Å². The summed E-state index contributed by atoms with van der Waals surface area (Å²) in [6.45, 7) is 0. The van der Waals surface area contributed by atoms with Crippen LogP contribution < -0.4 is 4.74 Å². The average molecular weight is 373 g/mol. The van der Waals surface area contributed by atoms with Gasteiger partial charge in [-0.25, -0.2) is 0 Å². The van der Waals surface area contributed by atoms with Crippen molar-refractivity contribution in [3.8, 4) is 11.8 Å². The first-order chi connectivity index (χ1) is 8.26. The maximum absolute atomic E-state index is 12.1. The first-order valence-electron chi connectivity index (χ1n) is 4.20. The Morgan fingerprint density at radius 2 is 2.22 bits per heavy atom. The van der Waals surface area contributed by atoms with Crippen LogP contribution in [0.4, 0.5) is 18.9 Å². The van der Waals surface area contributed by atoms with Crippen LogP contribution in [0.3, 0.4) is 0 Å². The van der Waals surface area contributed by atoms with Gasteiger partial charge < -0.3 is 4.74 Å². The van der Waals surface area contributed by atoms with E-state index in [-0.39, 0.29) is 15.7 Å². The van der Waals surface area contributed by atoms with Crippen molar-refractivity contribution >= 4 is 28.3 Å². The Kier molecular flexibility index (Phi) is 4.28. The fraction of sp³-hybridized carbons (Fsp3) is 0.250. The van der Waals surface area contributed by atoms with Gasteiger partial charge in [0, 0.05) is 0 Å². The van der Waals surface area contributed by atoms with E-state index in [4.69, 9.17) is 5.26 Å². The van der Waals surface area contributed by atoms with Crippen LogP contribution in [0.5, 0.6) is 5.75 Å². The summed E-state index contributed by atoms with van der Waals surface area (Å²) in [6, 6.07) is 1.69. The molecule has 18 heavy (non-hydrogen) atoms. The molecule has 0 aliphatic heterocycles. The molecule has 1 aromatic rings. The molecule has 0 saturated carbocycles. The van der Waals surface area contributed by atoms with Crippen LogP contribution in [0.2, 0.25) is 0 Å². The molecule has 0 radical (unpaired) electrons. The number of hydrogen-bond acceptors (Lipinski definition) is 5. The summed E-state index contributed by atoms with van der Waals surface area (Å²) >= 11 is 1.42. The Labute approximate surface area is 112 Å². The molecule has 0 aromatic carbocycles. The zero-order valence-corrected chi connectivity index (χ0v) is 10.5. The maximum atomic E-state index is 12.1. The molecule has 0 aliphatic rings. The van der Waals surface area contributed by atoms with Gasteiger partial charge in [0.25, 0.3) is 0 Å². The zero-order chi connectivity index (χ0) is 13.9. The lowest BCUT2D eigenvalue weighted by molar-refractivity contribution is -0.389. The highest BCUT2D eigenvalue weighted by Crippen LogP contribution is 2.36. The first-order valence-corrected chi connectivity index (χ1v) is 5.28. The molecule has 1 rings (SSSR count). The van der Waals surface area contributed by atoms with Gasteiger partial charge in [0.15, 0.2) is 0 Å². The van der Waals surface area contributed by atoms with Gasteiger partial charge in [0.05, 0.1) is 26.7 Å². The predicted molar refractivity (Wildman–Crippen MR) is 59.6 cm³/mol. The molecule has 10 heteroatoms. The second-order valence-electron chi connectivity index (χ2n) is 2.87. The van der Waals surface area contributed by atoms with Gasteiger partial charge in [-0.15, -0.1) is 13.2 Å². The van der Waals surface area contributed by atoms with Gasteiger partial charge in [0.1, 0.15) is 6.20 Å². The number of pyridine rings is 1. The number of alkyl halides is 3. The lowest BCUT2D eigenvalue weighted by Crippen LogP contribution is -2.19. The number of nitriles is 1. The summed E-state index contributed by atoms with van der Waals surface area (Å²) in [7, 11) is 0. The van der Waals surface area contributed by atoms with E-state index in [0.29, 0.717) is 6.20 Å². The normalized spacial score (nSPS) is 10.8. The summed E-state index contributed by atoms with van der Waals surface area (Å²) in [4.78, 5) is 13.1. The molecule has 1 aromatic heterocycles. The molecule has 0 aliphatic carbocycles. The molecule has 0 atom stereocenters. The quantitative estimate of drug-likeness (QED) is 0.462. The van der Waals surface area contributed by atoms with Crippen molar-refractivity contribution in [2.45, 2.75) is 12.8 Å². The van der Waals surface area contributed by atoms with E-state index in [1.165, 1.54) is 22.6 Å². The number of rotatable bonds is 3. The van der Waals surface area contributed by atoms with Crippen LogP contribution in [0.1, 0.15) is 5.69 Å². The van der Waals surface area contributed by atoms with Crippen molar-refractivity contribution in [1.29, 1.82) is 5.26 Å². The van der Waals surface area contributed by atoms with Gasteiger partial charge in [-0.05, 0) is 22.6 Å². The van der Waals surface area contributed by atoms with Crippen LogP contribution in [0.25, 0.3) is 0 Å². The van der Waals surface area contributed by atoms with Crippen molar-refractivity contribution < 1.29 is 22.8 Å². The number of ether oxygens (including phenoxy) is 1. The Balaban J connectivity index is 3.37.